The zero-order chi connectivity index (χ0) is 21.5. The molecule has 0 saturated heterocycles. The lowest BCUT2D eigenvalue weighted by atomic mass is 9.99. The van der Waals surface area contributed by atoms with E-state index in [9.17, 15) is 9.90 Å². The van der Waals surface area contributed by atoms with Crippen molar-refractivity contribution in [2.75, 3.05) is 13.1 Å². The van der Waals surface area contributed by atoms with E-state index < -0.39 is 12.0 Å². The van der Waals surface area contributed by atoms with E-state index in [1.165, 1.54) is 22.2 Å². The third-order valence-electron chi connectivity index (χ3n) is 5.97. The van der Waals surface area contributed by atoms with E-state index in [0.717, 1.165) is 57.0 Å². The van der Waals surface area contributed by atoms with E-state index in [4.69, 9.17) is 0 Å². The standard InChI is InChI=1S/C12H11BrN2O2.C11H11BrN2.ClH/c13-6-1-2-7-8-3-4-14-11(12(16)17)10(8)15-9(7)5-6;12-7-1-2-8-9-3-4-13-6-11(9)14-10(8)5-7;/h1-2,5,11,14-15H,3-4H2,(H,16,17);1-2,5,13-14H,3-4,6H2;1H. The zero-order valence-electron chi connectivity index (χ0n) is 17.1. The van der Waals surface area contributed by atoms with Gasteiger partial charge in [-0.1, -0.05) is 44.0 Å². The fourth-order valence-electron chi connectivity index (χ4n) is 4.57. The largest absolute Gasteiger partial charge is 0.480 e. The summed E-state index contributed by atoms with van der Waals surface area (Å²) in [4.78, 5) is 17.8. The first-order valence-corrected chi connectivity index (χ1v) is 11.9. The van der Waals surface area contributed by atoms with Crippen molar-refractivity contribution in [1.82, 2.24) is 20.6 Å². The van der Waals surface area contributed by atoms with Crippen LogP contribution in [-0.2, 0) is 24.2 Å². The highest BCUT2D eigenvalue weighted by Gasteiger charge is 2.28. The Kier molecular flexibility index (Phi) is 6.97. The Morgan fingerprint density at radius 2 is 1.53 bits per heavy atom. The van der Waals surface area contributed by atoms with Crippen molar-refractivity contribution >= 4 is 72.0 Å². The number of carboxylic acid groups (broad SMARTS) is 1. The monoisotopic (exact) mass is 580 g/mol. The predicted octanol–water partition coefficient (Wildman–Crippen LogP) is 5.20. The van der Waals surface area contributed by atoms with Crippen molar-refractivity contribution in [2.45, 2.75) is 25.4 Å². The Hall–Kier alpha value is -1.84. The summed E-state index contributed by atoms with van der Waals surface area (Å²) in [5.74, 6) is -0.837. The molecular formula is C23H23Br2ClN4O2. The second-order valence-electron chi connectivity index (χ2n) is 7.88. The van der Waals surface area contributed by atoms with Crippen molar-refractivity contribution in [3.8, 4) is 0 Å². The second-order valence-corrected chi connectivity index (χ2v) is 9.71. The van der Waals surface area contributed by atoms with Gasteiger partial charge in [-0.25, -0.2) is 0 Å². The highest BCUT2D eigenvalue weighted by Crippen LogP contribution is 2.31. The molecule has 6 nitrogen and oxygen atoms in total. The second kappa shape index (κ2) is 9.57. The number of carbonyl (C=O) groups is 1. The van der Waals surface area contributed by atoms with E-state index in [2.05, 4.69) is 70.7 Å². The number of nitrogens with one attached hydrogen (secondary N) is 4. The first-order chi connectivity index (χ1) is 15.0. The lowest BCUT2D eigenvalue weighted by Gasteiger charge is -2.20. The van der Waals surface area contributed by atoms with Crippen LogP contribution in [0, 0.1) is 0 Å². The summed E-state index contributed by atoms with van der Waals surface area (Å²) in [6, 6.07) is 11.8. The lowest BCUT2D eigenvalue weighted by molar-refractivity contribution is -0.139. The average Bonchev–Trinajstić information content (AvgIpc) is 3.30. The van der Waals surface area contributed by atoms with Crippen LogP contribution in [0.15, 0.2) is 45.3 Å². The molecular weight excluding hydrogens is 560 g/mol. The number of fused-ring (bicyclic) bond motifs is 6. The highest BCUT2D eigenvalue weighted by molar-refractivity contribution is 9.10. The third-order valence-corrected chi connectivity index (χ3v) is 6.96. The Labute approximate surface area is 208 Å². The molecule has 32 heavy (non-hydrogen) atoms. The summed E-state index contributed by atoms with van der Waals surface area (Å²) in [6.07, 6.45) is 2.00. The quantitative estimate of drug-likeness (QED) is 0.213. The summed E-state index contributed by atoms with van der Waals surface area (Å²) < 4.78 is 2.12. The molecule has 4 heterocycles. The number of carboxylic acids is 1. The van der Waals surface area contributed by atoms with Gasteiger partial charge in [0.2, 0.25) is 0 Å². The van der Waals surface area contributed by atoms with Gasteiger partial charge in [-0.2, -0.15) is 0 Å². The summed E-state index contributed by atoms with van der Waals surface area (Å²) in [5, 5.41) is 18.1. The van der Waals surface area contributed by atoms with Gasteiger partial charge in [0.15, 0.2) is 0 Å². The molecule has 9 heteroatoms. The molecule has 1 atom stereocenters. The molecule has 0 aliphatic carbocycles. The third kappa shape index (κ3) is 4.34. The number of rotatable bonds is 1. The van der Waals surface area contributed by atoms with E-state index in [1.54, 1.807) is 0 Å². The normalized spacial score (nSPS) is 17.1. The summed E-state index contributed by atoms with van der Waals surface area (Å²) in [7, 11) is 0. The molecule has 2 aromatic heterocycles. The van der Waals surface area contributed by atoms with E-state index >= 15 is 0 Å². The number of benzene rings is 2. The molecule has 4 aromatic rings. The number of hydrogen-bond acceptors (Lipinski definition) is 3. The van der Waals surface area contributed by atoms with Crippen LogP contribution in [0.2, 0.25) is 0 Å². The maximum absolute atomic E-state index is 11.2. The molecule has 168 valence electrons. The number of aromatic amines is 2. The highest BCUT2D eigenvalue weighted by atomic mass is 79.9. The number of hydrogen-bond donors (Lipinski definition) is 5. The van der Waals surface area contributed by atoms with E-state index in [1.807, 2.05) is 18.2 Å². The van der Waals surface area contributed by atoms with Crippen LogP contribution in [0.5, 0.6) is 0 Å². The van der Waals surface area contributed by atoms with Gasteiger partial charge in [0.25, 0.3) is 0 Å². The van der Waals surface area contributed by atoms with Crippen LogP contribution in [0.3, 0.4) is 0 Å². The molecule has 0 radical (unpaired) electrons. The van der Waals surface area contributed by atoms with Gasteiger partial charge in [-0.15, -0.1) is 12.4 Å². The minimum Gasteiger partial charge on any atom is -0.480 e. The van der Waals surface area contributed by atoms with E-state index in [0.29, 0.717) is 6.54 Å². The number of aliphatic carboxylic acids is 1. The number of halogens is 3. The fourth-order valence-corrected chi connectivity index (χ4v) is 5.29. The maximum atomic E-state index is 11.2. The van der Waals surface area contributed by atoms with Gasteiger partial charge >= 0.3 is 5.97 Å². The molecule has 2 aliphatic rings. The number of H-pyrrole nitrogens is 2. The SMILES string of the molecule is Brc1ccc2c3c([nH]c2c1)CNCC3.Cl.O=C(O)C1NCCc2c1[nH]c1cc(Br)ccc21. The Morgan fingerprint density at radius 1 is 0.906 bits per heavy atom. The van der Waals surface area contributed by atoms with Gasteiger partial charge in [-0.3, -0.25) is 10.1 Å². The Bertz CT molecular complexity index is 1300. The molecule has 1 unspecified atom stereocenters. The van der Waals surface area contributed by atoms with Crippen molar-refractivity contribution in [1.29, 1.82) is 0 Å². The van der Waals surface area contributed by atoms with Gasteiger partial charge in [0.05, 0.1) is 0 Å². The minimum absolute atomic E-state index is 0. The molecule has 0 fully saturated rings. The number of aromatic nitrogens is 2. The van der Waals surface area contributed by atoms with E-state index in [-0.39, 0.29) is 12.4 Å². The van der Waals surface area contributed by atoms with Crippen molar-refractivity contribution in [2.24, 2.45) is 0 Å². The van der Waals surface area contributed by atoms with Gasteiger partial charge in [0, 0.05) is 55.2 Å². The summed E-state index contributed by atoms with van der Waals surface area (Å²) in [6.45, 7) is 2.77. The molecule has 0 spiro atoms. The molecule has 5 N–H and O–H groups in total. The van der Waals surface area contributed by atoms with Crippen molar-refractivity contribution < 1.29 is 9.90 Å². The first kappa shape index (κ1) is 23.3. The van der Waals surface area contributed by atoms with Crippen LogP contribution >= 0.6 is 44.3 Å². The maximum Gasteiger partial charge on any atom is 0.326 e. The first-order valence-electron chi connectivity index (χ1n) is 10.3. The van der Waals surface area contributed by atoms with Crippen LogP contribution in [0.1, 0.15) is 28.6 Å². The molecule has 6 rings (SSSR count). The smallest absolute Gasteiger partial charge is 0.326 e. The molecule has 0 amide bonds. The van der Waals surface area contributed by atoms with Gasteiger partial charge < -0.3 is 20.4 Å². The van der Waals surface area contributed by atoms with Crippen molar-refractivity contribution in [3.05, 3.63) is 67.9 Å². The molecule has 2 aromatic carbocycles. The van der Waals surface area contributed by atoms with Crippen LogP contribution in [0.4, 0.5) is 0 Å². The van der Waals surface area contributed by atoms with Gasteiger partial charge in [0.1, 0.15) is 6.04 Å². The lowest BCUT2D eigenvalue weighted by Crippen LogP contribution is -2.34. The zero-order valence-corrected chi connectivity index (χ0v) is 21.1. The molecule has 2 aliphatic heterocycles. The predicted molar refractivity (Wildman–Crippen MR) is 137 cm³/mol. The summed E-state index contributed by atoms with van der Waals surface area (Å²) in [5.41, 5.74) is 6.98. The molecule has 0 bridgehead atoms. The van der Waals surface area contributed by atoms with Crippen LogP contribution in [-0.4, -0.2) is 34.1 Å². The van der Waals surface area contributed by atoms with Gasteiger partial charge in [-0.05, 0) is 54.8 Å². The topological polar surface area (TPSA) is 92.9 Å². The fraction of sp³-hybridized carbons (Fsp3) is 0.261. The Balaban J connectivity index is 0.000000151. The van der Waals surface area contributed by atoms with Crippen LogP contribution in [0.25, 0.3) is 21.8 Å². The van der Waals surface area contributed by atoms with Crippen molar-refractivity contribution in [3.63, 3.8) is 0 Å². The average molecular weight is 583 g/mol. The van der Waals surface area contributed by atoms with Crippen LogP contribution < -0.4 is 10.6 Å². The minimum atomic E-state index is -0.837. The molecule has 0 saturated carbocycles. The summed E-state index contributed by atoms with van der Waals surface area (Å²) >= 11 is 6.91. The Morgan fingerprint density at radius 3 is 2.22 bits per heavy atom.